The van der Waals surface area contributed by atoms with Crippen LogP contribution in [0.4, 0.5) is 10.1 Å². The average Bonchev–Trinajstić information content (AvgIpc) is 3.25. The standard InChI is InChI=1S/C17H22FN7/c1-4-25-11-16(8-19-25)24(9-12(2)3)10-13-5-14(7-15(18)6-13)17-20-22-23-21-17/h5-8,11-12H,4,9-10H2,1-3H3,(H,20,21,22,23). The van der Waals surface area contributed by atoms with E-state index < -0.39 is 0 Å². The van der Waals surface area contributed by atoms with Gasteiger partial charge in [0.15, 0.2) is 0 Å². The van der Waals surface area contributed by atoms with E-state index in [9.17, 15) is 4.39 Å². The SMILES string of the molecule is CCn1cc(N(Cc2cc(F)cc(-c3nn[nH]n3)c2)CC(C)C)cn1. The zero-order chi connectivity index (χ0) is 17.8. The highest BCUT2D eigenvalue weighted by atomic mass is 19.1. The van der Waals surface area contributed by atoms with Gasteiger partial charge in [0, 0.05) is 31.4 Å². The van der Waals surface area contributed by atoms with Crippen LogP contribution in [0.2, 0.25) is 0 Å². The second-order valence-corrected chi connectivity index (χ2v) is 6.41. The van der Waals surface area contributed by atoms with Gasteiger partial charge in [0.1, 0.15) is 5.82 Å². The van der Waals surface area contributed by atoms with Gasteiger partial charge in [-0.1, -0.05) is 13.8 Å². The van der Waals surface area contributed by atoms with Gasteiger partial charge in [0.05, 0.1) is 11.9 Å². The van der Waals surface area contributed by atoms with Gasteiger partial charge in [-0.15, -0.1) is 10.2 Å². The molecule has 132 valence electrons. The number of nitrogens with one attached hydrogen (secondary N) is 1. The molecule has 0 radical (unpaired) electrons. The van der Waals surface area contributed by atoms with Crippen LogP contribution >= 0.6 is 0 Å². The summed E-state index contributed by atoms with van der Waals surface area (Å²) < 4.78 is 16.0. The largest absolute Gasteiger partial charge is 0.364 e. The van der Waals surface area contributed by atoms with Crippen LogP contribution in [-0.4, -0.2) is 36.9 Å². The van der Waals surface area contributed by atoms with Crippen molar-refractivity contribution in [3.8, 4) is 11.4 Å². The maximum Gasteiger partial charge on any atom is 0.204 e. The topological polar surface area (TPSA) is 75.5 Å². The number of halogens is 1. The van der Waals surface area contributed by atoms with E-state index in [1.165, 1.54) is 6.07 Å². The second kappa shape index (κ2) is 7.42. The number of tetrazole rings is 1. The smallest absolute Gasteiger partial charge is 0.204 e. The zero-order valence-corrected chi connectivity index (χ0v) is 14.6. The number of aromatic amines is 1. The molecule has 0 atom stereocenters. The number of H-pyrrole nitrogens is 1. The summed E-state index contributed by atoms with van der Waals surface area (Å²) in [6.45, 7) is 8.62. The number of aryl methyl sites for hydroxylation is 1. The van der Waals surface area contributed by atoms with Crippen LogP contribution in [0.5, 0.6) is 0 Å². The number of aromatic nitrogens is 6. The third kappa shape index (κ3) is 4.20. The van der Waals surface area contributed by atoms with Crippen LogP contribution in [0.15, 0.2) is 30.6 Å². The Kier molecular flexibility index (Phi) is 5.06. The highest BCUT2D eigenvalue weighted by Gasteiger charge is 2.14. The fourth-order valence-electron chi connectivity index (χ4n) is 2.77. The van der Waals surface area contributed by atoms with Crippen LogP contribution in [0.25, 0.3) is 11.4 Å². The van der Waals surface area contributed by atoms with Crippen molar-refractivity contribution < 1.29 is 4.39 Å². The molecule has 8 heteroatoms. The number of rotatable bonds is 7. The molecule has 0 aliphatic heterocycles. The number of benzene rings is 1. The number of nitrogens with zero attached hydrogens (tertiary/aromatic N) is 6. The van der Waals surface area contributed by atoms with Gasteiger partial charge in [-0.05, 0) is 41.8 Å². The van der Waals surface area contributed by atoms with Crippen molar-refractivity contribution in [3.05, 3.63) is 42.0 Å². The number of hydrogen-bond acceptors (Lipinski definition) is 5. The summed E-state index contributed by atoms with van der Waals surface area (Å²) in [5.41, 5.74) is 2.49. The Labute approximate surface area is 145 Å². The van der Waals surface area contributed by atoms with Gasteiger partial charge in [0.25, 0.3) is 0 Å². The van der Waals surface area contributed by atoms with Gasteiger partial charge < -0.3 is 4.90 Å². The molecule has 1 N–H and O–H groups in total. The lowest BCUT2D eigenvalue weighted by Gasteiger charge is -2.25. The van der Waals surface area contributed by atoms with Crippen molar-refractivity contribution >= 4 is 5.69 Å². The molecule has 3 rings (SSSR count). The predicted octanol–water partition coefficient (Wildman–Crippen LogP) is 2.88. The monoisotopic (exact) mass is 343 g/mol. The molecule has 2 heterocycles. The van der Waals surface area contributed by atoms with Crippen molar-refractivity contribution in [2.45, 2.75) is 33.9 Å². The molecule has 1 aromatic carbocycles. The first-order valence-corrected chi connectivity index (χ1v) is 8.36. The normalized spacial score (nSPS) is 11.2. The van der Waals surface area contributed by atoms with E-state index in [4.69, 9.17) is 0 Å². The first-order valence-electron chi connectivity index (χ1n) is 8.36. The number of hydrogen-bond donors (Lipinski definition) is 1. The summed E-state index contributed by atoms with van der Waals surface area (Å²) in [4.78, 5) is 2.21. The molecule has 0 saturated heterocycles. The van der Waals surface area contributed by atoms with E-state index in [2.05, 4.69) is 44.5 Å². The maximum atomic E-state index is 14.1. The molecule has 2 aromatic heterocycles. The molecular formula is C17H22FN7. The maximum absolute atomic E-state index is 14.1. The average molecular weight is 343 g/mol. The van der Waals surface area contributed by atoms with Gasteiger partial charge in [-0.3, -0.25) is 4.68 Å². The molecule has 0 fully saturated rings. The molecule has 0 aliphatic carbocycles. The van der Waals surface area contributed by atoms with Crippen LogP contribution < -0.4 is 4.90 Å². The molecule has 0 bridgehead atoms. The fraction of sp³-hybridized carbons (Fsp3) is 0.412. The summed E-state index contributed by atoms with van der Waals surface area (Å²) in [6.07, 6.45) is 3.87. The molecule has 0 amide bonds. The van der Waals surface area contributed by atoms with Gasteiger partial charge >= 0.3 is 0 Å². The predicted molar refractivity (Wildman–Crippen MR) is 93.4 cm³/mol. The summed E-state index contributed by atoms with van der Waals surface area (Å²) in [7, 11) is 0. The van der Waals surface area contributed by atoms with E-state index in [1.54, 1.807) is 6.07 Å². The van der Waals surface area contributed by atoms with Crippen LogP contribution in [0.1, 0.15) is 26.3 Å². The third-order valence-corrected chi connectivity index (χ3v) is 3.83. The minimum absolute atomic E-state index is 0.314. The van der Waals surface area contributed by atoms with Crippen molar-refractivity contribution in [2.24, 2.45) is 5.92 Å². The van der Waals surface area contributed by atoms with Gasteiger partial charge in [-0.25, -0.2) is 4.39 Å². The molecule has 7 nitrogen and oxygen atoms in total. The van der Waals surface area contributed by atoms with Gasteiger partial charge in [0.2, 0.25) is 5.82 Å². The molecule has 25 heavy (non-hydrogen) atoms. The molecular weight excluding hydrogens is 321 g/mol. The minimum Gasteiger partial charge on any atom is -0.364 e. The van der Waals surface area contributed by atoms with Crippen molar-refractivity contribution in [2.75, 3.05) is 11.4 Å². The molecule has 0 spiro atoms. The van der Waals surface area contributed by atoms with E-state index in [-0.39, 0.29) is 5.82 Å². The molecule has 0 aliphatic rings. The van der Waals surface area contributed by atoms with Crippen molar-refractivity contribution in [1.82, 2.24) is 30.4 Å². The van der Waals surface area contributed by atoms with E-state index in [1.807, 2.05) is 30.1 Å². The Bertz CT molecular complexity index is 810. The van der Waals surface area contributed by atoms with Crippen molar-refractivity contribution in [3.63, 3.8) is 0 Å². The second-order valence-electron chi connectivity index (χ2n) is 6.41. The fourth-order valence-corrected chi connectivity index (χ4v) is 2.77. The third-order valence-electron chi connectivity index (χ3n) is 3.83. The molecule has 3 aromatic rings. The Morgan fingerprint density at radius 3 is 2.76 bits per heavy atom. The lowest BCUT2D eigenvalue weighted by molar-refractivity contribution is 0.602. The minimum atomic E-state index is -0.314. The highest BCUT2D eigenvalue weighted by Crippen LogP contribution is 2.22. The molecule has 0 unspecified atom stereocenters. The molecule has 0 saturated carbocycles. The zero-order valence-electron chi connectivity index (χ0n) is 14.6. The van der Waals surface area contributed by atoms with E-state index in [0.29, 0.717) is 23.9 Å². The Morgan fingerprint density at radius 1 is 1.28 bits per heavy atom. The lowest BCUT2D eigenvalue weighted by Crippen LogP contribution is -2.26. The quantitative estimate of drug-likeness (QED) is 0.714. The van der Waals surface area contributed by atoms with Gasteiger partial charge in [-0.2, -0.15) is 10.3 Å². The number of anilines is 1. The van der Waals surface area contributed by atoms with Crippen LogP contribution in [0, 0.1) is 11.7 Å². The van der Waals surface area contributed by atoms with Crippen LogP contribution in [-0.2, 0) is 13.1 Å². The van der Waals surface area contributed by atoms with Crippen LogP contribution in [0.3, 0.4) is 0 Å². The highest BCUT2D eigenvalue weighted by molar-refractivity contribution is 5.56. The van der Waals surface area contributed by atoms with E-state index in [0.717, 1.165) is 24.3 Å². The summed E-state index contributed by atoms with van der Waals surface area (Å²) in [5.74, 6) is 0.538. The summed E-state index contributed by atoms with van der Waals surface area (Å²) >= 11 is 0. The Morgan fingerprint density at radius 2 is 2.12 bits per heavy atom. The Balaban J connectivity index is 1.88. The first kappa shape index (κ1) is 17.1. The Hall–Kier alpha value is -2.77. The van der Waals surface area contributed by atoms with Crippen molar-refractivity contribution in [1.29, 1.82) is 0 Å². The lowest BCUT2D eigenvalue weighted by atomic mass is 10.1. The first-order chi connectivity index (χ1) is 12.0. The van der Waals surface area contributed by atoms with E-state index >= 15 is 0 Å². The summed E-state index contributed by atoms with van der Waals surface area (Å²) in [5, 5.41) is 18.1. The summed E-state index contributed by atoms with van der Waals surface area (Å²) in [6, 6.07) is 4.85.